The Bertz CT molecular complexity index is 818. The summed E-state index contributed by atoms with van der Waals surface area (Å²) in [5, 5.41) is 6.99. The average molecular weight is 321 g/mol. The van der Waals surface area contributed by atoms with Crippen LogP contribution in [0, 0.1) is 0 Å². The lowest BCUT2D eigenvalue weighted by molar-refractivity contribution is 0.252. The number of urea groups is 1. The molecule has 2 amide bonds. The number of fused-ring (bicyclic) bond motifs is 1. The third-order valence-corrected chi connectivity index (χ3v) is 4.19. The summed E-state index contributed by atoms with van der Waals surface area (Å²) >= 11 is 0. The van der Waals surface area contributed by atoms with E-state index in [4.69, 9.17) is 0 Å². The van der Waals surface area contributed by atoms with Gasteiger partial charge in [0.15, 0.2) is 0 Å². The van der Waals surface area contributed by atoms with Gasteiger partial charge in [0, 0.05) is 29.3 Å². The zero-order valence-corrected chi connectivity index (χ0v) is 14.1. The Labute approximate surface area is 142 Å². The molecule has 3 rings (SSSR count). The molecule has 0 aliphatic rings. The fourth-order valence-corrected chi connectivity index (χ4v) is 2.78. The number of amides is 2. The molecule has 0 spiro atoms. The monoisotopic (exact) mass is 321 g/mol. The van der Waals surface area contributed by atoms with Crippen molar-refractivity contribution >= 4 is 22.6 Å². The van der Waals surface area contributed by atoms with E-state index in [2.05, 4.69) is 41.6 Å². The largest absolute Gasteiger partial charge is 0.361 e. The number of carbonyl (C=O) groups is 1. The van der Waals surface area contributed by atoms with E-state index < -0.39 is 0 Å². The van der Waals surface area contributed by atoms with Gasteiger partial charge in [0.2, 0.25) is 0 Å². The summed E-state index contributed by atoms with van der Waals surface area (Å²) in [5.41, 5.74) is 4.42. The molecule has 2 aromatic carbocycles. The number of nitrogens with one attached hydrogen (secondary N) is 3. The van der Waals surface area contributed by atoms with Crippen molar-refractivity contribution in [2.75, 3.05) is 11.9 Å². The zero-order chi connectivity index (χ0) is 16.9. The SMILES string of the molecule is CC(C)c1ccc(NC(=O)NCCc2c[nH]c3ccccc23)cc1. The van der Waals surface area contributed by atoms with Crippen LogP contribution in [0.1, 0.15) is 30.9 Å². The van der Waals surface area contributed by atoms with Crippen LogP contribution in [0.4, 0.5) is 10.5 Å². The molecular formula is C20H23N3O. The van der Waals surface area contributed by atoms with E-state index in [0.717, 1.165) is 17.6 Å². The summed E-state index contributed by atoms with van der Waals surface area (Å²) in [6, 6.07) is 16.0. The van der Waals surface area contributed by atoms with Gasteiger partial charge in [-0.3, -0.25) is 0 Å². The lowest BCUT2D eigenvalue weighted by atomic mass is 10.0. The fourth-order valence-electron chi connectivity index (χ4n) is 2.78. The minimum absolute atomic E-state index is 0.174. The molecule has 0 fully saturated rings. The molecule has 3 N–H and O–H groups in total. The van der Waals surface area contributed by atoms with Crippen molar-refractivity contribution in [2.45, 2.75) is 26.2 Å². The molecule has 0 saturated heterocycles. The maximum Gasteiger partial charge on any atom is 0.319 e. The standard InChI is InChI=1S/C20H23N3O/c1-14(2)15-7-9-17(10-8-15)23-20(24)21-12-11-16-13-22-19-6-4-3-5-18(16)19/h3-10,13-14,22H,11-12H2,1-2H3,(H2,21,23,24). The van der Waals surface area contributed by atoms with Crippen molar-refractivity contribution in [3.8, 4) is 0 Å². The molecule has 24 heavy (non-hydrogen) atoms. The molecular weight excluding hydrogens is 298 g/mol. The number of anilines is 1. The molecule has 0 bridgehead atoms. The van der Waals surface area contributed by atoms with Crippen LogP contribution in [0.15, 0.2) is 54.7 Å². The minimum atomic E-state index is -0.174. The molecule has 4 heteroatoms. The van der Waals surface area contributed by atoms with Crippen LogP contribution in [0.5, 0.6) is 0 Å². The lowest BCUT2D eigenvalue weighted by Crippen LogP contribution is -2.30. The Kier molecular flexibility index (Phi) is 4.85. The van der Waals surface area contributed by atoms with Crippen molar-refractivity contribution in [3.63, 3.8) is 0 Å². The van der Waals surface area contributed by atoms with Gasteiger partial charge in [0.05, 0.1) is 0 Å². The van der Waals surface area contributed by atoms with Gasteiger partial charge in [0.25, 0.3) is 0 Å². The smallest absolute Gasteiger partial charge is 0.319 e. The van der Waals surface area contributed by atoms with Crippen LogP contribution in [0.2, 0.25) is 0 Å². The van der Waals surface area contributed by atoms with Crippen LogP contribution < -0.4 is 10.6 Å². The molecule has 0 radical (unpaired) electrons. The number of carbonyl (C=O) groups excluding carboxylic acids is 1. The molecule has 0 aliphatic carbocycles. The van der Waals surface area contributed by atoms with Crippen molar-refractivity contribution in [3.05, 3.63) is 65.9 Å². The second kappa shape index (κ2) is 7.21. The molecule has 4 nitrogen and oxygen atoms in total. The van der Waals surface area contributed by atoms with E-state index in [0.29, 0.717) is 12.5 Å². The summed E-state index contributed by atoms with van der Waals surface area (Å²) in [5.74, 6) is 0.490. The predicted molar refractivity (Wildman–Crippen MR) is 99.6 cm³/mol. The first-order valence-corrected chi connectivity index (χ1v) is 8.33. The second-order valence-electron chi connectivity index (χ2n) is 6.27. The Morgan fingerprint density at radius 1 is 1.08 bits per heavy atom. The zero-order valence-electron chi connectivity index (χ0n) is 14.1. The third kappa shape index (κ3) is 3.77. The molecule has 1 aromatic heterocycles. The van der Waals surface area contributed by atoms with Crippen LogP contribution in [-0.4, -0.2) is 17.6 Å². The second-order valence-corrected chi connectivity index (χ2v) is 6.27. The van der Waals surface area contributed by atoms with Crippen molar-refractivity contribution < 1.29 is 4.79 Å². The summed E-state index contributed by atoms with van der Waals surface area (Å²) in [4.78, 5) is 15.2. The predicted octanol–water partition coefficient (Wildman–Crippen LogP) is 4.66. The number of hydrogen-bond donors (Lipinski definition) is 3. The van der Waals surface area contributed by atoms with Gasteiger partial charge >= 0.3 is 6.03 Å². The molecule has 0 atom stereocenters. The maximum absolute atomic E-state index is 12.0. The molecule has 1 heterocycles. The highest BCUT2D eigenvalue weighted by Crippen LogP contribution is 2.18. The first-order chi connectivity index (χ1) is 11.6. The number of aromatic amines is 1. The Morgan fingerprint density at radius 3 is 2.58 bits per heavy atom. The number of H-pyrrole nitrogens is 1. The highest BCUT2D eigenvalue weighted by Gasteiger charge is 2.05. The Hall–Kier alpha value is -2.75. The number of benzene rings is 2. The van der Waals surface area contributed by atoms with Crippen LogP contribution in [0.25, 0.3) is 10.9 Å². The number of aromatic nitrogens is 1. The van der Waals surface area contributed by atoms with Gasteiger partial charge in [-0.1, -0.05) is 44.2 Å². The van der Waals surface area contributed by atoms with E-state index in [1.807, 2.05) is 42.6 Å². The van der Waals surface area contributed by atoms with Gasteiger partial charge < -0.3 is 15.6 Å². The minimum Gasteiger partial charge on any atom is -0.361 e. The number of rotatable bonds is 5. The number of hydrogen-bond acceptors (Lipinski definition) is 1. The summed E-state index contributed by atoms with van der Waals surface area (Å²) in [7, 11) is 0. The summed E-state index contributed by atoms with van der Waals surface area (Å²) in [6.45, 7) is 4.90. The lowest BCUT2D eigenvalue weighted by Gasteiger charge is -2.09. The quantitative estimate of drug-likeness (QED) is 0.629. The van der Waals surface area contributed by atoms with Crippen LogP contribution in [-0.2, 0) is 6.42 Å². The van der Waals surface area contributed by atoms with E-state index in [9.17, 15) is 4.79 Å². The molecule has 0 aliphatic heterocycles. The van der Waals surface area contributed by atoms with Crippen LogP contribution >= 0.6 is 0 Å². The van der Waals surface area contributed by atoms with E-state index in [1.54, 1.807) is 0 Å². The molecule has 124 valence electrons. The normalized spacial score (nSPS) is 11.0. The maximum atomic E-state index is 12.0. The average Bonchev–Trinajstić information content (AvgIpc) is 2.99. The fraction of sp³-hybridized carbons (Fsp3) is 0.250. The molecule has 3 aromatic rings. The molecule has 0 saturated carbocycles. The Balaban J connectivity index is 1.50. The third-order valence-electron chi connectivity index (χ3n) is 4.19. The van der Waals surface area contributed by atoms with Crippen LogP contribution in [0.3, 0.4) is 0 Å². The highest BCUT2D eigenvalue weighted by atomic mass is 16.2. The first-order valence-electron chi connectivity index (χ1n) is 8.33. The van der Waals surface area contributed by atoms with Gasteiger partial charge in [-0.05, 0) is 41.7 Å². The highest BCUT2D eigenvalue weighted by molar-refractivity contribution is 5.89. The summed E-state index contributed by atoms with van der Waals surface area (Å²) in [6.07, 6.45) is 2.80. The number of para-hydroxylation sites is 1. The van der Waals surface area contributed by atoms with Gasteiger partial charge in [-0.25, -0.2) is 4.79 Å². The van der Waals surface area contributed by atoms with E-state index in [1.165, 1.54) is 16.5 Å². The van der Waals surface area contributed by atoms with Crippen molar-refractivity contribution in [2.24, 2.45) is 0 Å². The Morgan fingerprint density at radius 2 is 1.83 bits per heavy atom. The van der Waals surface area contributed by atoms with E-state index >= 15 is 0 Å². The van der Waals surface area contributed by atoms with Crippen molar-refractivity contribution in [1.29, 1.82) is 0 Å². The van der Waals surface area contributed by atoms with E-state index in [-0.39, 0.29) is 6.03 Å². The first kappa shape index (κ1) is 16.1. The van der Waals surface area contributed by atoms with Crippen molar-refractivity contribution in [1.82, 2.24) is 10.3 Å². The summed E-state index contributed by atoms with van der Waals surface area (Å²) < 4.78 is 0. The molecule has 0 unspecified atom stereocenters. The van der Waals surface area contributed by atoms with Gasteiger partial charge in [0.1, 0.15) is 0 Å². The topological polar surface area (TPSA) is 56.9 Å². The van der Waals surface area contributed by atoms with Gasteiger partial charge in [-0.15, -0.1) is 0 Å². The van der Waals surface area contributed by atoms with Gasteiger partial charge in [-0.2, -0.15) is 0 Å².